The number of hydrogen-bond acceptors (Lipinski definition) is 3. The van der Waals surface area contributed by atoms with Gasteiger partial charge in [0.05, 0.1) is 5.41 Å². The molecule has 1 fully saturated rings. The highest BCUT2D eigenvalue weighted by atomic mass is 35.5. The highest BCUT2D eigenvalue weighted by Crippen LogP contribution is 2.63. The minimum Gasteiger partial charge on any atom is -0.355 e. The Balaban J connectivity index is 1.60. The highest BCUT2D eigenvalue weighted by molar-refractivity contribution is 6.53. The Morgan fingerprint density at radius 2 is 2.20 bits per heavy atom. The van der Waals surface area contributed by atoms with E-state index in [1.807, 2.05) is 28.8 Å². The maximum absolute atomic E-state index is 12.0. The SMILES string of the molecule is CC1(C(=O)NCCc2nnc3ccccn23)CC1(Cl)Cl. The van der Waals surface area contributed by atoms with Crippen LogP contribution in [0.3, 0.4) is 0 Å². The molecule has 2 aromatic rings. The lowest BCUT2D eigenvalue weighted by Crippen LogP contribution is -2.34. The first kappa shape index (κ1) is 13.6. The van der Waals surface area contributed by atoms with Crippen LogP contribution in [-0.4, -0.2) is 31.4 Å². The number of amides is 1. The molecule has 1 amide bonds. The zero-order chi connectivity index (χ0) is 14.4. The molecule has 2 aromatic heterocycles. The summed E-state index contributed by atoms with van der Waals surface area (Å²) in [4.78, 5) is 12.0. The molecule has 1 N–H and O–H groups in total. The van der Waals surface area contributed by atoms with Crippen molar-refractivity contribution in [1.29, 1.82) is 0 Å². The molecule has 3 rings (SSSR count). The standard InChI is InChI=1S/C13H14Cl2N4O/c1-12(8-13(12,14)15)11(20)16-6-5-10-18-17-9-4-2-3-7-19(9)10/h2-4,7H,5-6,8H2,1H3,(H,16,20). The van der Waals surface area contributed by atoms with Gasteiger partial charge in [0.15, 0.2) is 5.65 Å². The number of aromatic nitrogens is 3. The number of nitrogens with zero attached hydrogens (tertiary/aromatic N) is 3. The van der Waals surface area contributed by atoms with Crippen molar-refractivity contribution in [3.05, 3.63) is 30.2 Å². The number of hydrogen-bond donors (Lipinski definition) is 1. The van der Waals surface area contributed by atoms with Crippen LogP contribution in [0.15, 0.2) is 24.4 Å². The van der Waals surface area contributed by atoms with E-state index < -0.39 is 9.75 Å². The molecule has 106 valence electrons. The number of nitrogens with one attached hydrogen (secondary N) is 1. The van der Waals surface area contributed by atoms with Crippen LogP contribution in [0, 0.1) is 5.41 Å². The van der Waals surface area contributed by atoms with Gasteiger partial charge in [-0.15, -0.1) is 33.4 Å². The number of carbonyl (C=O) groups excluding carboxylic acids is 1. The third-order valence-corrected chi connectivity index (χ3v) is 4.88. The number of pyridine rings is 1. The minimum atomic E-state index is -0.932. The van der Waals surface area contributed by atoms with E-state index >= 15 is 0 Å². The Labute approximate surface area is 126 Å². The molecule has 0 spiro atoms. The second-order valence-corrected chi connectivity index (χ2v) is 6.75. The van der Waals surface area contributed by atoms with Gasteiger partial charge in [0.25, 0.3) is 0 Å². The van der Waals surface area contributed by atoms with E-state index in [1.165, 1.54) is 0 Å². The van der Waals surface area contributed by atoms with Gasteiger partial charge >= 0.3 is 0 Å². The predicted octanol–water partition coefficient (Wildman–Crippen LogP) is 1.97. The van der Waals surface area contributed by atoms with Crippen LogP contribution in [-0.2, 0) is 11.2 Å². The Morgan fingerprint density at radius 3 is 2.90 bits per heavy atom. The summed E-state index contributed by atoms with van der Waals surface area (Å²) in [5.41, 5.74) is 0.117. The second-order valence-electron chi connectivity index (χ2n) is 5.26. The molecule has 1 atom stereocenters. The van der Waals surface area contributed by atoms with Crippen molar-refractivity contribution >= 4 is 34.8 Å². The maximum atomic E-state index is 12.0. The first-order chi connectivity index (χ1) is 9.44. The molecule has 5 nitrogen and oxygen atoms in total. The van der Waals surface area contributed by atoms with Gasteiger partial charge in [-0.25, -0.2) is 0 Å². The van der Waals surface area contributed by atoms with E-state index in [4.69, 9.17) is 23.2 Å². The molecule has 0 radical (unpaired) electrons. The van der Waals surface area contributed by atoms with Crippen molar-refractivity contribution in [2.45, 2.75) is 24.1 Å². The molecule has 0 saturated heterocycles. The smallest absolute Gasteiger partial charge is 0.229 e. The Bertz CT molecular complexity index is 669. The lowest BCUT2D eigenvalue weighted by atomic mass is 10.1. The van der Waals surface area contributed by atoms with Crippen LogP contribution < -0.4 is 5.32 Å². The first-order valence-electron chi connectivity index (χ1n) is 6.39. The fraction of sp³-hybridized carbons (Fsp3) is 0.462. The van der Waals surface area contributed by atoms with Crippen LogP contribution >= 0.6 is 23.2 Å². The van der Waals surface area contributed by atoms with Gasteiger partial charge in [0, 0.05) is 19.2 Å². The van der Waals surface area contributed by atoms with Gasteiger partial charge in [-0.3, -0.25) is 9.20 Å². The average Bonchev–Trinajstić information content (AvgIpc) is 2.77. The molecule has 1 saturated carbocycles. The Hall–Kier alpha value is -1.33. The molecule has 0 aromatic carbocycles. The highest BCUT2D eigenvalue weighted by Gasteiger charge is 2.67. The molecule has 1 aliphatic carbocycles. The van der Waals surface area contributed by atoms with Gasteiger partial charge in [-0.05, 0) is 25.5 Å². The molecular weight excluding hydrogens is 299 g/mol. The molecule has 7 heteroatoms. The van der Waals surface area contributed by atoms with Gasteiger partial charge in [0.1, 0.15) is 10.2 Å². The van der Waals surface area contributed by atoms with Crippen molar-refractivity contribution in [3.63, 3.8) is 0 Å². The molecule has 1 unspecified atom stereocenters. The van der Waals surface area contributed by atoms with Crippen molar-refractivity contribution in [2.75, 3.05) is 6.54 Å². The summed E-state index contributed by atoms with van der Waals surface area (Å²) in [5.74, 6) is 0.696. The van der Waals surface area contributed by atoms with E-state index in [0.29, 0.717) is 19.4 Å². The third kappa shape index (κ3) is 2.15. The van der Waals surface area contributed by atoms with Crippen LogP contribution in [0.1, 0.15) is 19.2 Å². The fourth-order valence-corrected chi connectivity index (χ4v) is 2.90. The van der Waals surface area contributed by atoms with Gasteiger partial charge < -0.3 is 5.32 Å². The molecule has 0 bridgehead atoms. The number of carbonyl (C=O) groups is 1. The zero-order valence-electron chi connectivity index (χ0n) is 10.9. The number of halogens is 2. The summed E-state index contributed by atoms with van der Waals surface area (Å²) in [7, 11) is 0. The van der Waals surface area contributed by atoms with E-state index in [-0.39, 0.29) is 5.91 Å². The van der Waals surface area contributed by atoms with Crippen LogP contribution in [0.4, 0.5) is 0 Å². The first-order valence-corrected chi connectivity index (χ1v) is 7.14. The average molecular weight is 313 g/mol. The van der Waals surface area contributed by atoms with Crippen molar-refractivity contribution in [3.8, 4) is 0 Å². The summed E-state index contributed by atoms with van der Waals surface area (Å²) in [6, 6.07) is 5.71. The molecular formula is C13H14Cl2N4O. The third-order valence-electron chi connectivity index (χ3n) is 3.78. The summed E-state index contributed by atoms with van der Waals surface area (Å²) < 4.78 is 0.969. The Morgan fingerprint density at radius 1 is 1.45 bits per heavy atom. The minimum absolute atomic E-state index is 0.115. The van der Waals surface area contributed by atoms with Crippen molar-refractivity contribution < 1.29 is 4.79 Å². The molecule has 20 heavy (non-hydrogen) atoms. The molecule has 2 heterocycles. The quantitative estimate of drug-likeness (QED) is 0.878. The monoisotopic (exact) mass is 312 g/mol. The number of alkyl halides is 2. The summed E-state index contributed by atoms with van der Waals surface area (Å²) in [6.45, 7) is 2.25. The largest absolute Gasteiger partial charge is 0.355 e. The lowest BCUT2D eigenvalue weighted by molar-refractivity contribution is -0.125. The lowest BCUT2D eigenvalue weighted by Gasteiger charge is -2.12. The van der Waals surface area contributed by atoms with Crippen LogP contribution in [0.25, 0.3) is 5.65 Å². The van der Waals surface area contributed by atoms with Crippen molar-refractivity contribution in [2.24, 2.45) is 5.41 Å². The van der Waals surface area contributed by atoms with E-state index in [0.717, 1.165) is 11.5 Å². The van der Waals surface area contributed by atoms with Gasteiger partial charge in [-0.1, -0.05) is 6.07 Å². The van der Waals surface area contributed by atoms with Gasteiger partial charge in [-0.2, -0.15) is 0 Å². The second kappa shape index (κ2) is 4.60. The van der Waals surface area contributed by atoms with Crippen LogP contribution in [0.5, 0.6) is 0 Å². The summed E-state index contributed by atoms with van der Waals surface area (Å²) in [5, 5.41) is 11.0. The van der Waals surface area contributed by atoms with E-state index in [1.54, 1.807) is 6.92 Å². The van der Waals surface area contributed by atoms with E-state index in [2.05, 4.69) is 15.5 Å². The summed E-state index contributed by atoms with van der Waals surface area (Å²) >= 11 is 12.0. The zero-order valence-corrected chi connectivity index (χ0v) is 12.4. The number of rotatable bonds is 4. The Kier molecular flexibility index (Phi) is 3.14. The maximum Gasteiger partial charge on any atom is 0.229 e. The summed E-state index contributed by atoms with van der Waals surface area (Å²) in [6.07, 6.45) is 2.99. The predicted molar refractivity (Wildman–Crippen MR) is 76.9 cm³/mol. The van der Waals surface area contributed by atoms with Gasteiger partial charge in [0.2, 0.25) is 5.91 Å². The molecule has 1 aliphatic rings. The van der Waals surface area contributed by atoms with Crippen molar-refractivity contribution in [1.82, 2.24) is 19.9 Å². The van der Waals surface area contributed by atoms with E-state index in [9.17, 15) is 4.79 Å². The normalized spacial score (nSPS) is 23.8. The fourth-order valence-electron chi connectivity index (χ4n) is 2.19. The number of fused-ring (bicyclic) bond motifs is 1. The topological polar surface area (TPSA) is 59.3 Å². The van der Waals surface area contributed by atoms with Crippen LogP contribution in [0.2, 0.25) is 0 Å². The molecule has 0 aliphatic heterocycles.